The number of pyridine rings is 2. The third kappa shape index (κ3) is 9.83. The molecule has 5 rings (SSSR count). The fraction of sp³-hybridized carbons (Fsp3) is 0.444. The first-order chi connectivity index (χ1) is 23.6. The van der Waals surface area contributed by atoms with Gasteiger partial charge in [-0.15, -0.1) is 40.5 Å². The molecule has 1 N–H and O–H groups in total. The Labute approximate surface area is 324 Å². The van der Waals surface area contributed by atoms with E-state index in [0.29, 0.717) is 5.92 Å². The molecule has 0 bridgehead atoms. The molecule has 1 radical (unpaired) electrons. The molecule has 0 aliphatic rings. The number of rotatable bonds is 11. The summed E-state index contributed by atoms with van der Waals surface area (Å²) in [5.41, 5.74) is 6.18. The quantitative estimate of drug-likeness (QED) is 0.0815. The topological polar surface area (TPSA) is 63.1 Å². The summed E-state index contributed by atoms with van der Waals surface area (Å²) in [5, 5.41) is 15.9. The van der Waals surface area contributed by atoms with E-state index >= 15 is 0 Å². The molecule has 0 saturated carbocycles. The zero-order valence-corrected chi connectivity index (χ0v) is 35.7. The van der Waals surface area contributed by atoms with Crippen LogP contribution in [0.4, 0.5) is 0 Å². The van der Waals surface area contributed by atoms with E-state index < -0.39 is 0 Å². The minimum Gasteiger partial charge on any atom is -0.512 e. The number of carbonyl (C=O) groups excluding carboxylic acids is 1. The standard InChI is InChI=1S/C30H29N2S.C15H28O2.Ir/c1-19(2)14-22-18-28(32-29-25(22)11-13-33-29)21-10-12-31-27(17-21)23-15-20-8-6-7-9-24(20)26(16-23)30(3,4)5;1-7-14(5,8-2)12(16)11-13(17)15(6,9-3)10-4;/h6-13,16-19H,14H2,1-5H3;11,16H,7-10H2,1-6H3;/q-1;;/b;12-11-;. The van der Waals surface area contributed by atoms with Gasteiger partial charge in [0.05, 0.1) is 5.69 Å². The molecule has 0 fully saturated rings. The molecular weight excluding hydrogens is 825 g/mol. The normalized spacial score (nSPS) is 12.5. The first-order valence-electron chi connectivity index (χ1n) is 18.3. The van der Waals surface area contributed by atoms with Gasteiger partial charge in [0.25, 0.3) is 0 Å². The number of nitrogens with zero attached hydrogens (tertiary/aromatic N) is 2. The molecule has 3 heterocycles. The van der Waals surface area contributed by atoms with Crippen molar-refractivity contribution in [3.63, 3.8) is 0 Å². The fourth-order valence-corrected chi connectivity index (χ4v) is 6.99. The van der Waals surface area contributed by atoms with Gasteiger partial charge in [-0.1, -0.05) is 111 Å². The van der Waals surface area contributed by atoms with Crippen LogP contribution in [0.25, 0.3) is 43.5 Å². The van der Waals surface area contributed by atoms with E-state index in [0.717, 1.165) is 64.8 Å². The van der Waals surface area contributed by atoms with E-state index in [1.54, 1.807) is 11.3 Å². The zero-order valence-electron chi connectivity index (χ0n) is 32.5. The average Bonchev–Trinajstić information content (AvgIpc) is 3.59. The third-order valence-electron chi connectivity index (χ3n) is 10.7. The van der Waals surface area contributed by atoms with Crippen LogP contribution >= 0.6 is 11.3 Å². The molecule has 0 amide bonds. The molecule has 275 valence electrons. The molecule has 5 aromatic rings. The van der Waals surface area contributed by atoms with Gasteiger partial charge in [0.15, 0.2) is 5.78 Å². The van der Waals surface area contributed by atoms with Crippen molar-refractivity contribution < 1.29 is 30.0 Å². The van der Waals surface area contributed by atoms with Crippen molar-refractivity contribution in [3.05, 3.63) is 95.2 Å². The molecular formula is C45H57IrN2O2S-. The summed E-state index contributed by atoms with van der Waals surface area (Å²) in [6.45, 7) is 23.4. The van der Waals surface area contributed by atoms with Gasteiger partial charge in [-0.3, -0.25) is 9.78 Å². The molecule has 3 aromatic heterocycles. The van der Waals surface area contributed by atoms with Crippen molar-refractivity contribution in [1.29, 1.82) is 0 Å². The van der Waals surface area contributed by atoms with Crippen molar-refractivity contribution in [1.82, 2.24) is 9.97 Å². The van der Waals surface area contributed by atoms with Gasteiger partial charge in [-0.25, -0.2) is 4.98 Å². The smallest absolute Gasteiger partial charge is 0.164 e. The van der Waals surface area contributed by atoms with Crippen LogP contribution in [0.2, 0.25) is 0 Å². The predicted molar refractivity (Wildman–Crippen MR) is 215 cm³/mol. The molecule has 0 atom stereocenters. The number of carbonyl (C=O) groups is 1. The molecule has 4 nitrogen and oxygen atoms in total. The summed E-state index contributed by atoms with van der Waals surface area (Å²) in [6.07, 6.45) is 7.70. The van der Waals surface area contributed by atoms with E-state index in [1.165, 1.54) is 28.0 Å². The molecule has 0 spiro atoms. The minimum absolute atomic E-state index is 0. The first-order valence-corrected chi connectivity index (χ1v) is 19.2. The van der Waals surface area contributed by atoms with Crippen LogP contribution < -0.4 is 0 Å². The number of benzene rings is 2. The number of hydrogen-bond acceptors (Lipinski definition) is 5. The van der Waals surface area contributed by atoms with Crippen LogP contribution in [0.5, 0.6) is 0 Å². The van der Waals surface area contributed by atoms with E-state index in [-0.39, 0.29) is 47.9 Å². The van der Waals surface area contributed by atoms with Crippen molar-refractivity contribution in [2.24, 2.45) is 16.7 Å². The summed E-state index contributed by atoms with van der Waals surface area (Å²) < 4.78 is 0. The Hall–Kier alpha value is -3.18. The number of ketones is 1. The minimum atomic E-state index is -0.337. The monoisotopic (exact) mass is 882 g/mol. The Morgan fingerprint density at radius 2 is 1.51 bits per heavy atom. The number of aromatic nitrogens is 2. The van der Waals surface area contributed by atoms with Gasteiger partial charge in [0, 0.05) is 54.3 Å². The van der Waals surface area contributed by atoms with Gasteiger partial charge in [0.1, 0.15) is 10.6 Å². The van der Waals surface area contributed by atoms with Crippen LogP contribution in [0.1, 0.15) is 113 Å². The second-order valence-corrected chi connectivity index (χ2v) is 16.5. The molecule has 0 saturated heterocycles. The average molecular weight is 882 g/mol. The van der Waals surface area contributed by atoms with E-state index in [9.17, 15) is 9.90 Å². The Kier molecular flexibility index (Phi) is 14.5. The van der Waals surface area contributed by atoms with E-state index in [2.05, 4.69) is 101 Å². The summed E-state index contributed by atoms with van der Waals surface area (Å²) in [6, 6.07) is 23.1. The van der Waals surface area contributed by atoms with Gasteiger partial charge >= 0.3 is 0 Å². The van der Waals surface area contributed by atoms with Crippen LogP contribution in [0.3, 0.4) is 0 Å². The number of aliphatic hydroxyl groups excluding tert-OH is 1. The Bertz CT molecular complexity index is 1960. The molecule has 51 heavy (non-hydrogen) atoms. The summed E-state index contributed by atoms with van der Waals surface area (Å²) in [4.78, 5) is 23.0. The Balaban J connectivity index is 0.000000335. The van der Waals surface area contributed by atoms with Gasteiger partial charge < -0.3 is 5.11 Å². The summed E-state index contributed by atoms with van der Waals surface area (Å²) in [7, 11) is 0. The second kappa shape index (κ2) is 17.6. The van der Waals surface area contributed by atoms with E-state index in [1.807, 2.05) is 47.7 Å². The number of aliphatic hydroxyl groups is 1. The number of hydrogen-bond donors (Lipinski definition) is 1. The fourth-order valence-electron chi connectivity index (χ4n) is 6.18. The number of fused-ring (bicyclic) bond motifs is 2. The second-order valence-electron chi connectivity index (χ2n) is 15.7. The van der Waals surface area contributed by atoms with Gasteiger partial charge in [-0.05, 0) is 78.1 Å². The van der Waals surface area contributed by atoms with Gasteiger partial charge in [-0.2, -0.15) is 0 Å². The van der Waals surface area contributed by atoms with Crippen LogP contribution in [0, 0.1) is 22.8 Å². The van der Waals surface area contributed by atoms with Crippen molar-refractivity contribution >= 4 is 38.1 Å². The van der Waals surface area contributed by atoms with Gasteiger partial charge in [0.2, 0.25) is 0 Å². The van der Waals surface area contributed by atoms with Crippen LogP contribution in [-0.2, 0) is 36.7 Å². The number of allylic oxidation sites excluding steroid dienone is 2. The van der Waals surface area contributed by atoms with E-state index in [4.69, 9.17) is 9.97 Å². The number of thiophene rings is 1. The largest absolute Gasteiger partial charge is 0.512 e. The molecule has 6 heteroatoms. The SMILES string of the molecule is CC(C)Cc1cc(-c2ccnc(-c3[c-]c4ccccc4c(C(C)(C)C)c3)c2)nc2sccc12.CCC(C)(CC)C(=O)/C=C(\O)C(C)(CC)CC.[Ir]. The Morgan fingerprint density at radius 3 is 2.12 bits per heavy atom. The van der Waals surface area contributed by atoms with Crippen LogP contribution in [-0.4, -0.2) is 20.9 Å². The molecule has 2 aromatic carbocycles. The summed E-state index contributed by atoms with van der Waals surface area (Å²) in [5.74, 6) is 0.883. The summed E-state index contributed by atoms with van der Waals surface area (Å²) >= 11 is 1.71. The van der Waals surface area contributed by atoms with Crippen molar-refractivity contribution in [3.8, 4) is 22.5 Å². The molecule has 0 aliphatic heterocycles. The molecule has 0 unspecified atom stereocenters. The van der Waals surface area contributed by atoms with Crippen molar-refractivity contribution in [2.45, 2.75) is 114 Å². The maximum atomic E-state index is 12.2. The maximum Gasteiger partial charge on any atom is 0.164 e. The predicted octanol–water partition coefficient (Wildman–Crippen LogP) is 13.1. The van der Waals surface area contributed by atoms with Crippen molar-refractivity contribution in [2.75, 3.05) is 0 Å². The van der Waals surface area contributed by atoms with Crippen LogP contribution in [0.15, 0.2) is 78.0 Å². The first kappa shape index (κ1) is 42.2. The zero-order chi connectivity index (χ0) is 36.9. The maximum absolute atomic E-state index is 12.2. The molecule has 0 aliphatic carbocycles. The Morgan fingerprint density at radius 1 is 0.863 bits per heavy atom. The third-order valence-corrected chi connectivity index (χ3v) is 11.5.